The lowest BCUT2D eigenvalue weighted by Gasteiger charge is -2.28. The first kappa shape index (κ1) is 27.1. The lowest BCUT2D eigenvalue weighted by atomic mass is 9.96. The molecule has 7 heteroatoms. The number of hydrogen-bond donors (Lipinski definition) is 1. The highest BCUT2D eigenvalue weighted by Crippen LogP contribution is 2.44. The van der Waals surface area contributed by atoms with Crippen molar-refractivity contribution in [3.05, 3.63) is 136 Å². The zero-order valence-corrected chi connectivity index (χ0v) is 25.0. The van der Waals surface area contributed by atoms with Gasteiger partial charge in [-0.05, 0) is 118 Å². The summed E-state index contributed by atoms with van der Waals surface area (Å²) in [7, 11) is 0. The van der Waals surface area contributed by atoms with Crippen molar-refractivity contribution in [3.63, 3.8) is 0 Å². The number of nitrogens with zero attached hydrogens (tertiary/aromatic N) is 3. The summed E-state index contributed by atoms with van der Waals surface area (Å²) >= 11 is 12.5. The average molecular weight is 579 g/mol. The number of hydrogen-bond acceptors (Lipinski definition) is 3. The summed E-state index contributed by atoms with van der Waals surface area (Å²) in [6.45, 7) is 8.42. The molecule has 3 aromatic carbocycles. The second-order valence-corrected chi connectivity index (χ2v) is 11.2. The van der Waals surface area contributed by atoms with E-state index >= 15 is 0 Å². The normalized spacial score (nSPS) is 16.6. The van der Waals surface area contributed by atoms with Crippen LogP contribution in [0.5, 0.6) is 11.5 Å². The van der Waals surface area contributed by atoms with Crippen LogP contribution in [0, 0.1) is 27.7 Å². The molecular formula is C34H31ClN4OS. The molecular weight excluding hydrogens is 548 g/mol. The molecule has 5 aromatic rings. The van der Waals surface area contributed by atoms with E-state index in [1.54, 1.807) is 0 Å². The number of aryl methyl sites for hydroxylation is 2. The summed E-state index contributed by atoms with van der Waals surface area (Å²) < 4.78 is 8.38. The zero-order chi connectivity index (χ0) is 28.7. The van der Waals surface area contributed by atoms with Crippen molar-refractivity contribution < 1.29 is 4.74 Å². The van der Waals surface area contributed by atoms with Crippen LogP contribution in [-0.2, 0) is 0 Å². The van der Waals surface area contributed by atoms with E-state index in [2.05, 4.69) is 72.8 Å². The Hall–Kier alpha value is -4.13. The molecule has 41 heavy (non-hydrogen) atoms. The quantitative estimate of drug-likeness (QED) is 0.204. The van der Waals surface area contributed by atoms with Gasteiger partial charge < -0.3 is 19.5 Å². The number of ether oxygens (including phenoxy) is 1. The van der Waals surface area contributed by atoms with Gasteiger partial charge in [0.25, 0.3) is 0 Å². The van der Waals surface area contributed by atoms with E-state index in [1.165, 1.54) is 11.1 Å². The lowest BCUT2D eigenvalue weighted by Crippen LogP contribution is -2.29. The number of benzene rings is 3. The fourth-order valence-electron chi connectivity index (χ4n) is 5.66. The topological polar surface area (TPSA) is 42.3 Å². The van der Waals surface area contributed by atoms with E-state index in [0.29, 0.717) is 5.11 Å². The number of rotatable bonds is 6. The average Bonchev–Trinajstić information content (AvgIpc) is 3.47. The van der Waals surface area contributed by atoms with Gasteiger partial charge in [-0.2, -0.15) is 0 Å². The highest BCUT2D eigenvalue weighted by atomic mass is 35.5. The van der Waals surface area contributed by atoms with E-state index in [1.807, 2.05) is 66.9 Å². The van der Waals surface area contributed by atoms with Gasteiger partial charge in [-0.25, -0.2) is 0 Å². The van der Waals surface area contributed by atoms with Crippen LogP contribution in [0.15, 0.2) is 97.2 Å². The molecule has 0 saturated carbocycles. The summed E-state index contributed by atoms with van der Waals surface area (Å²) in [6.07, 6.45) is 1.83. The Morgan fingerprint density at radius 3 is 2.24 bits per heavy atom. The third-order valence-electron chi connectivity index (χ3n) is 7.74. The third-order valence-corrected chi connectivity index (χ3v) is 8.46. The fraction of sp³-hybridized carbons (Fsp3) is 0.176. The zero-order valence-electron chi connectivity index (χ0n) is 23.4. The van der Waals surface area contributed by atoms with Gasteiger partial charge >= 0.3 is 0 Å². The van der Waals surface area contributed by atoms with Crippen LogP contribution in [-0.4, -0.2) is 14.7 Å². The lowest BCUT2D eigenvalue weighted by molar-refractivity contribution is 0.482. The molecule has 206 valence electrons. The van der Waals surface area contributed by atoms with E-state index in [0.717, 1.165) is 50.5 Å². The molecule has 3 heterocycles. The van der Waals surface area contributed by atoms with Gasteiger partial charge in [0, 0.05) is 34.0 Å². The van der Waals surface area contributed by atoms with Crippen molar-refractivity contribution in [1.82, 2.24) is 14.9 Å². The van der Waals surface area contributed by atoms with Crippen LogP contribution in [0.4, 0.5) is 5.69 Å². The maximum atomic E-state index is 6.53. The first-order valence-electron chi connectivity index (χ1n) is 13.6. The van der Waals surface area contributed by atoms with Crippen molar-refractivity contribution in [1.29, 1.82) is 0 Å². The molecule has 2 atom stereocenters. The summed E-state index contributed by atoms with van der Waals surface area (Å²) in [5, 5.41) is 4.98. The Kier molecular flexibility index (Phi) is 7.28. The molecule has 5 nitrogen and oxygen atoms in total. The van der Waals surface area contributed by atoms with Gasteiger partial charge in [0.15, 0.2) is 5.11 Å². The largest absolute Gasteiger partial charge is 0.457 e. The SMILES string of the molecule is Cc1ccc(Oc2ccc(N3C(=S)N[C@H](c4ccccn4)[C@@H]3c3cc(C)n(-c4cccc(Cl)c4C)c3C)cc2)cc1. The predicted octanol–water partition coefficient (Wildman–Crippen LogP) is 8.73. The number of nitrogens with one attached hydrogen (secondary N) is 1. The molecule has 1 saturated heterocycles. The van der Waals surface area contributed by atoms with E-state index in [-0.39, 0.29) is 12.1 Å². The maximum Gasteiger partial charge on any atom is 0.174 e. The molecule has 0 aliphatic carbocycles. The minimum Gasteiger partial charge on any atom is -0.457 e. The summed E-state index contributed by atoms with van der Waals surface area (Å²) in [6, 6.07) is 30.2. The van der Waals surface area contributed by atoms with Crippen LogP contribution < -0.4 is 15.0 Å². The van der Waals surface area contributed by atoms with Crippen LogP contribution in [0.25, 0.3) is 5.69 Å². The minimum atomic E-state index is -0.137. The Morgan fingerprint density at radius 2 is 1.56 bits per heavy atom. The van der Waals surface area contributed by atoms with Gasteiger partial charge in [0.1, 0.15) is 11.5 Å². The molecule has 0 bridgehead atoms. The molecule has 1 fully saturated rings. The molecule has 0 radical (unpaired) electrons. The summed E-state index contributed by atoms with van der Waals surface area (Å²) in [5.74, 6) is 1.57. The second kappa shape index (κ2) is 11.0. The molecule has 1 N–H and O–H groups in total. The highest BCUT2D eigenvalue weighted by Gasteiger charge is 2.42. The number of pyridine rings is 1. The molecule has 6 rings (SSSR count). The van der Waals surface area contributed by atoms with Gasteiger partial charge in [-0.1, -0.05) is 41.4 Å². The van der Waals surface area contributed by atoms with Gasteiger partial charge in [0.05, 0.1) is 17.8 Å². The maximum absolute atomic E-state index is 6.53. The molecule has 0 unspecified atom stereocenters. The molecule has 1 aliphatic heterocycles. The Bertz CT molecular complexity index is 1710. The highest BCUT2D eigenvalue weighted by molar-refractivity contribution is 7.80. The van der Waals surface area contributed by atoms with Gasteiger partial charge in [-0.3, -0.25) is 4.98 Å². The first-order valence-corrected chi connectivity index (χ1v) is 14.4. The van der Waals surface area contributed by atoms with Crippen LogP contribution in [0.3, 0.4) is 0 Å². The third kappa shape index (κ3) is 5.09. The Morgan fingerprint density at radius 1 is 0.854 bits per heavy atom. The molecule has 2 aromatic heterocycles. The van der Waals surface area contributed by atoms with E-state index < -0.39 is 0 Å². The van der Waals surface area contributed by atoms with Crippen molar-refractivity contribution >= 4 is 34.6 Å². The Balaban J connectivity index is 1.42. The van der Waals surface area contributed by atoms with Crippen molar-refractivity contribution in [2.24, 2.45) is 0 Å². The molecule has 1 aliphatic rings. The number of anilines is 1. The van der Waals surface area contributed by atoms with Gasteiger partial charge in [0.2, 0.25) is 0 Å². The second-order valence-electron chi connectivity index (χ2n) is 10.5. The molecule has 0 spiro atoms. The standard InChI is InChI=1S/C34H31ClN4OS/c1-21-11-15-26(16-12-21)40-27-17-13-25(14-18-27)39-33(32(37-34(39)41)30-9-5-6-19-36-30)28-20-22(2)38(24(28)4)31-10-7-8-29(35)23(31)3/h5-20,32-33H,1-4H3,(H,37,41)/t32-,33+/m1/s1. The van der Waals surface area contributed by atoms with Crippen LogP contribution in [0.1, 0.15) is 45.9 Å². The van der Waals surface area contributed by atoms with Crippen molar-refractivity contribution in [3.8, 4) is 17.2 Å². The fourth-order valence-corrected chi connectivity index (χ4v) is 6.18. The number of aromatic nitrogens is 2. The monoisotopic (exact) mass is 578 g/mol. The van der Waals surface area contributed by atoms with E-state index in [9.17, 15) is 0 Å². The van der Waals surface area contributed by atoms with Crippen molar-refractivity contribution in [2.75, 3.05) is 4.90 Å². The molecule has 0 amide bonds. The summed E-state index contributed by atoms with van der Waals surface area (Å²) in [5.41, 5.74) is 8.66. The van der Waals surface area contributed by atoms with Crippen LogP contribution in [0.2, 0.25) is 5.02 Å². The predicted molar refractivity (Wildman–Crippen MR) is 171 cm³/mol. The van der Waals surface area contributed by atoms with E-state index in [4.69, 9.17) is 33.5 Å². The number of halogens is 1. The Labute approximate surface area is 251 Å². The smallest absolute Gasteiger partial charge is 0.174 e. The van der Waals surface area contributed by atoms with Crippen LogP contribution >= 0.6 is 23.8 Å². The number of thiocarbonyl (C=S) groups is 1. The van der Waals surface area contributed by atoms with Crippen molar-refractivity contribution in [2.45, 2.75) is 39.8 Å². The first-order chi connectivity index (χ1) is 19.8. The summed E-state index contributed by atoms with van der Waals surface area (Å²) in [4.78, 5) is 6.91. The minimum absolute atomic E-state index is 0.124. The van der Waals surface area contributed by atoms with Gasteiger partial charge in [-0.15, -0.1) is 0 Å².